The Kier molecular flexibility index (Phi) is 6.87. The quantitative estimate of drug-likeness (QED) is 0.737. The van der Waals surface area contributed by atoms with Crippen molar-refractivity contribution in [1.82, 2.24) is 10.2 Å². The van der Waals surface area contributed by atoms with E-state index in [9.17, 15) is 18.0 Å². The Morgan fingerprint density at radius 1 is 1.17 bits per heavy atom. The van der Waals surface area contributed by atoms with Crippen molar-refractivity contribution in [3.63, 3.8) is 0 Å². The minimum absolute atomic E-state index is 0.0744. The first-order chi connectivity index (χ1) is 14.2. The van der Waals surface area contributed by atoms with Gasteiger partial charge in [-0.25, -0.2) is 0 Å². The summed E-state index contributed by atoms with van der Waals surface area (Å²) in [5.41, 5.74) is 2.60. The number of aryl methyl sites for hydroxylation is 1. The molecular formula is C22H25F3N2O3. The Bertz CT molecular complexity index is 867. The molecule has 0 radical (unpaired) electrons. The molecule has 0 bridgehead atoms. The molecule has 1 atom stereocenters. The van der Waals surface area contributed by atoms with E-state index in [0.717, 1.165) is 42.8 Å². The molecule has 2 aromatic rings. The maximum atomic E-state index is 12.5. The smallest absolute Gasteiger partial charge is 0.492 e. The fraction of sp³-hybridized carbons (Fsp3) is 0.409. The second kappa shape index (κ2) is 9.38. The van der Waals surface area contributed by atoms with E-state index in [1.165, 1.54) is 17.7 Å². The summed E-state index contributed by atoms with van der Waals surface area (Å²) in [7, 11) is 3.97. The van der Waals surface area contributed by atoms with Crippen molar-refractivity contribution in [3.8, 4) is 11.5 Å². The van der Waals surface area contributed by atoms with Gasteiger partial charge < -0.3 is 19.7 Å². The molecule has 1 amide bonds. The Morgan fingerprint density at radius 3 is 2.57 bits per heavy atom. The number of rotatable bonds is 7. The van der Waals surface area contributed by atoms with Crippen molar-refractivity contribution >= 4 is 5.91 Å². The number of nitrogens with one attached hydrogen (secondary N) is 1. The summed E-state index contributed by atoms with van der Waals surface area (Å²) in [5.74, 6) is 0.153. The van der Waals surface area contributed by atoms with Crippen LogP contribution < -0.4 is 14.8 Å². The molecule has 0 saturated heterocycles. The number of carbonyl (C=O) groups is 1. The molecule has 0 spiro atoms. The average Bonchev–Trinajstić information content (AvgIpc) is 2.67. The van der Waals surface area contributed by atoms with Gasteiger partial charge in [0.1, 0.15) is 18.1 Å². The summed E-state index contributed by atoms with van der Waals surface area (Å²) in [5, 5.41) is 2.98. The number of benzene rings is 2. The van der Waals surface area contributed by atoms with E-state index in [1.807, 2.05) is 31.1 Å². The zero-order chi connectivity index (χ0) is 21.7. The predicted molar refractivity (Wildman–Crippen MR) is 107 cm³/mol. The van der Waals surface area contributed by atoms with E-state index < -0.39 is 6.36 Å². The highest BCUT2D eigenvalue weighted by Gasteiger charge is 2.31. The number of amides is 1. The second-order valence-electron chi connectivity index (χ2n) is 7.53. The molecule has 1 aliphatic carbocycles. The topological polar surface area (TPSA) is 50.8 Å². The zero-order valence-electron chi connectivity index (χ0n) is 17.0. The van der Waals surface area contributed by atoms with Crippen LogP contribution in [0.4, 0.5) is 13.2 Å². The van der Waals surface area contributed by atoms with E-state index >= 15 is 0 Å². The van der Waals surface area contributed by atoms with Gasteiger partial charge in [-0.1, -0.05) is 12.1 Å². The molecule has 0 saturated carbocycles. The Morgan fingerprint density at radius 2 is 1.90 bits per heavy atom. The van der Waals surface area contributed by atoms with E-state index in [2.05, 4.69) is 16.1 Å². The van der Waals surface area contributed by atoms with E-state index in [0.29, 0.717) is 13.0 Å². The average molecular weight is 422 g/mol. The molecule has 0 aliphatic heterocycles. The van der Waals surface area contributed by atoms with Gasteiger partial charge in [-0.3, -0.25) is 4.79 Å². The fourth-order valence-electron chi connectivity index (χ4n) is 3.43. The van der Waals surface area contributed by atoms with Crippen LogP contribution in [0.25, 0.3) is 0 Å². The summed E-state index contributed by atoms with van der Waals surface area (Å²) in [6, 6.07) is 10.8. The monoisotopic (exact) mass is 422 g/mol. The molecular weight excluding hydrogens is 397 g/mol. The van der Waals surface area contributed by atoms with Gasteiger partial charge in [0.25, 0.3) is 5.91 Å². The lowest BCUT2D eigenvalue weighted by atomic mass is 9.87. The molecule has 0 aromatic heterocycles. The summed E-state index contributed by atoms with van der Waals surface area (Å²) >= 11 is 0. The molecule has 0 unspecified atom stereocenters. The number of nitrogens with zero attached hydrogens (tertiary/aromatic N) is 1. The Labute approximate surface area is 173 Å². The molecule has 5 nitrogen and oxygen atoms in total. The van der Waals surface area contributed by atoms with Gasteiger partial charge in [-0.2, -0.15) is 0 Å². The third-order valence-electron chi connectivity index (χ3n) is 4.92. The van der Waals surface area contributed by atoms with Crippen LogP contribution in [0.5, 0.6) is 11.5 Å². The summed E-state index contributed by atoms with van der Waals surface area (Å²) in [4.78, 5) is 14.6. The molecule has 2 aromatic carbocycles. The number of carbonyl (C=O) groups excluding carboxylic acids is 1. The van der Waals surface area contributed by atoms with Crippen LogP contribution in [0.15, 0.2) is 42.5 Å². The van der Waals surface area contributed by atoms with Crippen molar-refractivity contribution in [2.24, 2.45) is 0 Å². The molecule has 1 aliphatic rings. The van der Waals surface area contributed by atoms with Gasteiger partial charge in [-0.05, 0) is 74.8 Å². The number of alkyl halides is 3. The van der Waals surface area contributed by atoms with Crippen LogP contribution in [-0.4, -0.2) is 50.5 Å². The maximum Gasteiger partial charge on any atom is 0.573 e. The van der Waals surface area contributed by atoms with E-state index in [-0.39, 0.29) is 23.3 Å². The molecule has 3 rings (SSSR count). The third-order valence-corrected chi connectivity index (χ3v) is 4.92. The first-order valence-electron chi connectivity index (χ1n) is 9.76. The molecule has 1 N–H and O–H groups in total. The van der Waals surface area contributed by atoms with Gasteiger partial charge in [0, 0.05) is 18.2 Å². The molecule has 0 heterocycles. The lowest BCUT2D eigenvalue weighted by Crippen LogP contribution is -2.39. The standard InChI is InChI=1S/C22H25F3N2O3/c1-27(2)12-13-29-20-5-3-4-15-6-9-17(14-19(15)20)26-21(28)16-7-10-18(11-8-16)30-22(23,24)25/h3-5,7-8,10-11,17H,6,9,12-14H2,1-2H3,(H,26,28)/t17-/m1/s1. The normalized spacial score (nSPS) is 16.1. The van der Waals surface area contributed by atoms with Crippen LogP contribution >= 0.6 is 0 Å². The lowest BCUT2D eigenvalue weighted by Gasteiger charge is -2.27. The molecule has 8 heteroatoms. The fourth-order valence-corrected chi connectivity index (χ4v) is 3.43. The maximum absolute atomic E-state index is 12.5. The number of hydrogen-bond acceptors (Lipinski definition) is 4. The van der Waals surface area contributed by atoms with Crippen molar-refractivity contribution in [2.75, 3.05) is 27.2 Å². The van der Waals surface area contributed by atoms with Crippen LogP contribution in [0.3, 0.4) is 0 Å². The van der Waals surface area contributed by atoms with Crippen LogP contribution in [0.1, 0.15) is 27.9 Å². The molecule has 162 valence electrons. The molecule has 0 fully saturated rings. The van der Waals surface area contributed by atoms with Crippen molar-refractivity contribution in [3.05, 3.63) is 59.2 Å². The number of ether oxygens (including phenoxy) is 2. The van der Waals surface area contributed by atoms with Crippen LogP contribution in [-0.2, 0) is 12.8 Å². The van der Waals surface area contributed by atoms with Crippen molar-refractivity contribution in [1.29, 1.82) is 0 Å². The Hall–Kier alpha value is -2.74. The van der Waals surface area contributed by atoms with Crippen molar-refractivity contribution in [2.45, 2.75) is 31.7 Å². The van der Waals surface area contributed by atoms with E-state index in [4.69, 9.17) is 4.74 Å². The summed E-state index contributed by atoms with van der Waals surface area (Å²) in [6.07, 6.45) is -2.50. The predicted octanol–water partition coefficient (Wildman–Crippen LogP) is 3.81. The molecule has 30 heavy (non-hydrogen) atoms. The number of hydrogen-bond donors (Lipinski definition) is 1. The SMILES string of the molecule is CN(C)CCOc1cccc2c1C[C@H](NC(=O)c1ccc(OC(F)(F)F)cc1)CC2. The highest BCUT2D eigenvalue weighted by atomic mass is 19.4. The van der Waals surface area contributed by atoms with Gasteiger partial charge in [0.2, 0.25) is 0 Å². The van der Waals surface area contributed by atoms with Gasteiger partial charge >= 0.3 is 6.36 Å². The van der Waals surface area contributed by atoms with E-state index in [1.54, 1.807) is 0 Å². The summed E-state index contributed by atoms with van der Waals surface area (Å²) < 4.78 is 46.6. The second-order valence-corrected chi connectivity index (χ2v) is 7.53. The first kappa shape index (κ1) is 22.0. The van der Waals surface area contributed by atoms with Crippen LogP contribution in [0, 0.1) is 0 Å². The number of likely N-dealkylation sites (N-methyl/N-ethyl adjacent to an activating group) is 1. The summed E-state index contributed by atoms with van der Waals surface area (Å²) in [6.45, 7) is 1.38. The Balaban J connectivity index is 1.62. The highest BCUT2D eigenvalue weighted by molar-refractivity contribution is 5.94. The van der Waals surface area contributed by atoms with Gasteiger partial charge in [-0.15, -0.1) is 13.2 Å². The van der Waals surface area contributed by atoms with Crippen LogP contribution in [0.2, 0.25) is 0 Å². The minimum atomic E-state index is -4.76. The first-order valence-corrected chi connectivity index (χ1v) is 9.76. The minimum Gasteiger partial charge on any atom is -0.492 e. The number of fused-ring (bicyclic) bond motifs is 1. The highest BCUT2D eigenvalue weighted by Crippen LogP contribution is 2.30. The van der Waals surface area contributed by atoms with Crippen molar-refractivity contribution < 1.29 is 27.4 Å². The zero-order valence-corrected chi connectivity index (χ0v) is 17.0. The lowest BCUT2D eigenvalue weighted by molar-refractivity contribution is -0.274. The van der Waals surface area contributed by atoms with Gasteiger partial charge in [0.05, 0.1) is 0 Å². The van der Waals surface area contributed by atoms with Gasteiger partial charge in [0.15, 0.2) is 0 Å². The third kappa shape index (κ3) is 6.13. The largest absolute Gasteiger partial charge is 0.573 e. The number of halogens is 3.